The Morgan fingerprint density at radius 2 is 2.16 bits per heavy atom. The molecule has 1 saturated heterocycles. The lowest BCUT2D eigenvalue weighted by molar-refractivity contribution is -0.145. The highest BCUT2D eigenvalue weighted by molar-refractivity contribution is 7.15. The van der Waals surface area contributed by atoms with Crippen molar-refractivity contribution in [1.29, 1.82) is 0 Å². The van der Waals surface area contributed by atoms with Crippen molar-refractivity contribution in [2.75, 3.05) is 18.4 Å². The minimum absolute atomic E-state index is 0.189. The normalized spacial score (nSPS) is 20.5. The fourth-order valence-electron chi connectivity index (χ4n) is 3.09. The topological polar surface area (TPSA) is 91.4 Å². The molecule has 136 valence electrons. The van der Waals surface area contributed by atoms with Crippen molar-refractivity contribution in [3.63, 3.8) is 0 Å². The third-order valence-electron chi connectivity index (χ3n) is 4.34. The van der Waals surface area contributed by atoms with E-state index in [9.17, 15) is 14.4 Å². The number of imide groups is 1. The highest BCUT2D eigenvalue weighted by Gasteiger charge is 2.40. The molecule has 3 rings (SSSR count). The van der Waals surface area contributed by atoms with Crippen LogP contribution in [-0.4, -0.2) is 40.7 Å². The Morgan fingerprint density at radius 3 is 2.84 bits per heavy atom. The van der Waals surface area contributed by atoms with Crippen LogP contribution in [0.1, 0.15) is 44.2 Å². The number of likely N-dealkylation sites (tertiary alicyclic amines) is 1. The van der Waals surface area contributed by atoms with Crippen LogP contribution in [0.3, 0.4) is 0 Å². The van der Waals surface area contributed by atoms with Crippen molar-refractivity contribution < 1.29 is 14.4 Å². The molecule has 1 aromatic rings. The number of rotatable bonds is 3. The van der Waals surface area contributed by atoms with Crippen LogP contribution in [-0.2, 0) is 27.3 Å². The molecule has 0 spiro atoms. The van der Waals surface area contributed by atoms with Crippen molar-refractivity contribution in [2.24, 2.45) is 11.3 Å². The van der Waals surface area contributed by atoms with Crippen LogP contribution in [0.5, 0.6) is 0 Å². The van der Waals surface area contributed by atoms with Crippen molar-refractivity contribution in [2.45, 2.75) is 46.6 Å². The monoisotopic (exact) mass is 364 g/mol. The van der Waals surface area contributed by atoms with E-state index in [1.807, 2.05) is 20.8 Å². The summed E-state index contributed by atoms with van der Waals surface area (Å²) in [5.74, 6) is -1.77. The predicted molar refractivity (Wildman–Crippen MR) is 95.1 cm³/mol. The van der Waals surface area contributed by atoms with Crippen LogP contribution in [0.4, 0.5) is 5.13 Å². The first-order chi connectivity index (χ1) is 11.7. The molecule has 0 unspecified atom stereocenters. The Hall–Kier alpha value is -1.80. The molecule has 25 heavy (non-hydrogen) atoms. The second-order valence-corrected chi connectivity index (χ2v) is 8.85. The van der Waals surface area contributed by atoms with Crippen LogP contribution in [0.25, 0.3) is 0 Å². The summed E-state index contributed by atoms with van der Waals surface area (Å²) in [5.41, 5.74) is 0.824. The average Bonchev–Trinajstić information content (AvgIpc) is 3.08. The molecule has 8 heteroatoms. The van der Waals surface area contributed by atoms with E-state index in [4.69, 9.17) is 0 Å². The fraction of sp³-hybridized carbons (Fsp3) is 0.647. The van der Waals surface area contributed by atoms with Gasteiger partial charge in [-0.3, -0.25) is 19.3 Å². The summed E-state index contributed by atoms with van der Waals surface area (Å²) in [6.07, 6.45) is 1.51. The Kier molecular flexibility index (Phi) is 4.92. The first-order valence-electron chi connectivity index (χ1n) is 8.59. The molecule has 3 amide bonds. The first kappa shape index (κ1) is 18.0. The molecule has 2 N–H and O–H groups in total. The molecule has 7 nitrogen and oxygen atoms in total. The van der Waals surface area contributed by atoms with E-state index in [0.29, 0.717) is 24.5 Å². The number of hydrogen-bond acceptors (Lipinski definition) is 6. The Labute approximate surface area is 151 Å². The lowest BCUT2D eigenvalue weighted by Gasteiger charge is -2.21. The molecular weight excluding hydrogens is 340 g/mol. The van der Waals surface area contributed by atoms with Gasteiger partial charge in [0.15, 0.2) is 5.13 Å². The number of amides is 3. The minimum atomic E-state index is -0.803. The van der Waals surface area contributed by atoms with Gasteiger partial charge < -0.3 is 10.6 Å². The third-order valence-corrected chi connectivity index (χ3v) is 5.35. The van der Waals surface area contributed by atoms with Gasteiger partial charge in [-0.05, 0) is 11.8 Å². The number of nitrogens with one attached hydrogen (secondary N) is 2. The number of fused-ring (bicyclic) bond motifs is 1. The van der Waals surface area contributed by atoms with Crippen LogP contribution in [0.2, 0.25) is 0 Å². The predicted octanol–water partition coefficient (Wildman–Crippen LogP) is 1.54. The van der Waals surface area contributed by atoms with Gasteiger partial charge in [0.2, 0.25) is 17.7 Å². The average molecular weight is 364 g/mol. The Morgan fingerprint density at radius 1 is 1.40 bits per heavy atom. The van der Waals surface area contributed by atoms with Crippen molar-refractivity contribution >= 4 is 34.2 Å². The molecule has 2 aliphatic rings. The number of anilines is 1. The number of hydrogen-bond donors (Lipinski definition) is 2. The number of carbonyl (C=O) groups is 3. The molecule has 1 atom stereocenters. The van der Waals surface area contributed by atoms with E-state index in [0.717, 1.165) is 30.1 Å². The Balaban J connectivity index is 1.62. The maximum absolute atomic E-state index is 12.5. The van der Waals surface area contributed by atoms with Gasteiger partial charge in [0.25, 0.3) is 0 Å². The van der Waals surface area contributed by atoms with Crippen LogP contribution in [0, 0.1) is 11.3 Å². The summed E-state index contributed by atoms with van der Waals surface area (Å²) < 4.78 is 0. The molecule has 0 radical (unpaired) electrons. The standard InChI is InChI=1S/C17H24N4O3S/c1-17(2,3)8-13(22)21-7-5-10(15(21)24)14(23)20-16-19-11-4-6-18-9-12(11)25-16/h10,18H,4-9H2,1-3H3,(H,19,20,23)/t10-/m1/s1. The van der Waals surface area contributed by atoms with Crippen molar-refractivity contribution in [3.8, 4) is 0 Å². The Bertz CT molecular complexity index is 684. The SMILES string of the molecule is CC(C)(C)CC(=O)N1CC[C@H](C(=O)Nc2nc3c(s2)CNCC3)C1=O. The molecular formula is C17H24N4O3S. The molecule has 1 fully saturated rings. The summed E-state index contributed by atoms with van der Waals surface area (Å²) in [7, 11) is 0. The lowest BCUT2D eigenvalue weighted by Crippen LogP contribution is -2.38. The molecule has 1 aromatic heterocycles. The molecule has 0 aromatic carbocycles. The zero-order valence-electron chi connectivity index (χ0n) is 14.8. The van der Waals surface area contributed by atoms with E-state index in [2.05, 4.69) is 15.6 Å². The van der Waals surface area contributed by atoms with Gasteiger partial charge in [-0.15, -0.1) is 11.3 Å². The first-order valence-corrected chi connectivity index (χ1v) is 9.40. The fourth-order valence-corrected chi connectivity index (χ4v) is 4.07. The largest absolute Gasteiger partial charge is 0.311 e. The highest BCUT2D eigenvalue weighted by Crippen LogP contribution is 2.28. The summed E-state index contributed by atoms with van der Waals surface area (Å²) in [6.45, 7) is 7.82. The number of carbonyl (C=O) groups excluding carboxylic acids is 3. The van der Waals surface area contributed by atoms with Gasteiger partial charge in [-0.25, -0.2) is 4.98 Å². The minimum Gasteiger partial charge on any atom is -0.311 e. The van der Waals surface area contributed by atoms with E-state index < -0.39 is 11.8 Å². The highest BCUT2D eigenvalue weighted by atomic mass is 32.1. The number of aromatic nitrogens is 1. The van der Waals surface area contributed by atoms with Gasteiger partial charge in [0.1, 0.15) is 5.92 Å². The van der Waals surface area contributed by atoms with Gasteiger partial charge in [0.05, 0.1) is 5.69 Å². The second-order valence-electron chi connectivity index (χ2n) is 7.77. The van der Waals surface area contributed by atoms with Crippen molar-refractivity contribution in [3.05, 3.63) is 10.6 Å². The number of thiazole rings is 1. The number of nitrogens with zero attached hydrogens (tertiary/aromatic N) is 2. The lowest BCUT2D eigenvalue weighted by atomic mass is 9.91. The zero-order valence-corrected chi connectivity index (χ0v) is 15.7. The summed E-state index contributed by atoms with van der Waals surface area (Å²) >= 11 is 1.44. The van der Waals surface area contributed by atoms with E-state index in [1.54, 1.807) is 0 Å². The maximum Gasteiger partial charge on any atom is 0.241 e. The van der Waals surface area contributed by atoms with Gasteiger partial charge in [-0.1, -0.05) is 20.8 Å². The van der Waals surface area contributed by atoms with Crippen molar-refractivity contribution in [1.82, 2.24) is 15.2 Å². The van der Waals surface area contributed by atoms with Crippen LogP contribution < -0.4 is 10.6 Å². The van der Waals surface area contributed by atoms with E-state index in [-0.39, 0.29) is 17.2 Å². The zero-order chi connectivity index (χ0) is 18.2. The summed E-state index contributed by atoms with van der Waals surface area (Å²) in [6, 6.07) is 0. The summed E-state index contributed by atoms with van der Waals surface area (Å²) in [4.78, 5) is 44.0. The maximum atomic E-state index is 12.5. The van der Waals surface area contributed by atoms with Crippen LogP contribution in [0.15, 0.2) is 0 Å². The quantitative estimate of drug-likeness (QED) is 0.794. The van der Waals surface area contributed by atoms with Crippen LogP contribution >= 0.6 is 11.3 Å². The van der Waals surface area contributed by atoms with Gasteiger partial charge >= 0.3 is 0 Å². The van der Waals surface area contributed by atoms with Gasteiger partial charge in [-0.2, -0.15) is 0 Å². The molecule has 3 heterocycles. The van der Waals surface area contributed by atoms with Gasteiger partial charge in [0, 0.05) is 37.4 Å². The second kappa shape index (κ2) is 6.84. The van der Waals surface area contributed by atoms with E-state index in [1.165, 1.54) is 16.2 Å². The summed E-state index contributed by atoms with van der Waals surface area (Å²) in [5, 5.41) is 6.56. The molecule has 0 bridgehead atoms. The third kappa shape index (κ3) is 4.07. The molecule has 0 aliphatic carbocycles. The smallest absolute Gasteiger partial charge is 0.241 e. The molecule has 2 aliphatic heterocycles. The van der Waals surface area contributed by atoms with E-state index >= 15 is 0 Å². The molecule has 0 saturated carbocycles.